The van der Waals surface area contributed by atoms with Crippen molar-refractivity contribution in [2.75, 3.05) is 45.3 Å². The van der Waals surface area contributed by atoms with E-state index in [1.165, 1.54) is 15.6 Å². The maximum atomic E-state index is 12.5. The SMILES string of the molecule is CN(C)S(=O)(=O)c1ccccc1CNCc1ccc(N2CCOCC2)cc1. The van der Waals surface area contributed by atoms with Gasteiger partial charge in [-0.25, -0.2) is 12.7 Å². The number of ether oxygens (including phenoxy) is 1. The first-order chi connectivity index (χ1) is 13.0. The molecule has 0 radical (unpaired) electrons. The van der Waals surface area contributed by atoms with Crippen LogP contribution >= 0.6 is 0 Å². The van der Waals surface area contributed by atoms with E-state index >= 15 is 0 Å². The predicted octanol–water partition coefficient (Wildman–Crippen LogP) is 2.06. The number of morpholine rings is 1. The smallest absolute Gasteiger partial charge is 0.242 e. The summed E-state index contributed by atoms with van der Waals surface area (Å²) in [6.07, 6.45) is 0. The number of hydrogen-bond acceptors (Lipinski definition) is 5. The van der Waals surface area contributed by atoms with Crippen LogP contribution in [0.4, 0.5) is 5.69 Å². The summed E-state index contributed by atoms with van der Waals surface area (Å²) in [5.74, 6) is 0. The topological polar surface area (TPSA) is 61.9 Å². The molecule has 6 nitrogen and oxygen atoms in total. The normalized spacial score (nSPS) is 15.3. The van der Waals surface area contributed by atoms with Crippen LogP contribution in [0.25, 0.3) is 0 Å². The van der Waals surface area contributed by atoms with Crippen LogP contribution in [0, 0.1) is 0 Å². The van der Waals surface area contributed by atoms with Gasteiger partial charge in [0.1, 0.15) is 0 Å². The van der Waals surface area contributed by atoms with E-state index in [1.807, 2.05) is 12.1 Å². The molecule has 146 valence electrons. The molecule has 27 heavy (non-hydrogen) atoms. The minimum atomic E-state index is -3.44. The largest absolute Gasteiger partial charge is 0.378 e. The highest BCUT2D eigenvalue weighted by Crippen LogP contribution is 2.19. The summed E-state index contributed by atoms with van der Waals surface area (Å²) in [6.45, 7) is 4.58. The van der Waals surface area contributed by atoms with Crippen molar-refractivity contribution in [3.8, 4) is 0 Å². The van der Waals surface area contributed by atoms with Gasteiger partial charge in [0.05, 0.1) is 18.1 Å². The van der Waals surface area contributed by atoms with Gasteiger partial charge in [0.2, 0.25) is 10.0 Å². The van der Waals surface area contributed by atoms with Crippen LogP contribution in [0.2, 0.25) is 0 Å². The molecule has 0 bridgehead atoms. The molecule has 7 heteroatoms. The number of benzene rings is 2. The van der Waals surface area contributed by atoms with E-state index in [2.05, 4.69) is 34.5 Å². The van der Waals surface area contributed by atoms with Crippen molar-refractivity contribution >= 4 is 15.7 Å². The molecular formula is C20H27N3O3S. The van der Waals surface area contributed by atoms with Crippen LogP contribution in [0.15, 0.2) is 53.4 Å². The lowest BCUT2D eigenvalue weighted by molar-refractivity contribution is 0.122. The van der Waals surface area contributed by atoms with Gasteiger partial charge in [-0.3, -0.25) is 0 Å². The standard InChI is InChI=1S/C20H27N3O3S/c1-22(2)27(24,25)20-6-4-3-5-18(20)16-21-15-17-7-9-19(10-8-17)23-11-13-26-14-12-23/h3-10,21H,11-16H2,1-2H3. The Hall–Kier alpha value is -1.93. The zero-order chi connectivity index (χ0) is 19.3. The molecule has 1 aliphatic heterocycles. The van der Waals surface area contributed by atoms with E-state index in [4.69, 9.17) is 4.74 Å². The number of sulfonamides is 1. The Morgan fingerprint density at radius 1 is 1.00 bits per heavy atom. The minimum Gasteiger partial charge on any atom is -0.378 e. The summed E-state index contributed by atoms with van der Waals surface area (Å²) in [5, 5.41) is 3.35. The molecule has 1 N–H and O–H groups in total. The van der Waals surface area contributed by atoms with Crippen molar-refractivity contribution in [3.05, 3.63) is 59.7 Å². The number of anilines is 1. The van der Waals surface area contributed by atoms with Gasteiger partial charge in [0, 0.05) is 46.0 Å². The van der Waals surface area contributed by atoms with Gasteiger partial charge < -0.3 is 15.0 Å². The third-order valence-corrected chi connectivity index (χ3v) is 6.60. The molecule has 0 atom stereocenters. The zero-order valence-corrected chi connectivity index (χ0v) is 16.7. The zero-order valence-electron chi connectivity index (χ0n) is 15.9. The van der Waals surface area contributed by atoms with Gasteiger partial charge in [-0.2, -0.15) is 0 Å². The second-order valence-electron chi connectivity index (χ2n) is 6.76. The van der Waals surface area contributed by atoms with Crippen LogP contribution in [0.5, 0.6) is 0 Å². The first-order valence-corrected chi connectivity index (χ1v) is 10.6. The maximum Gasteiger partial charge on any atom is 0.242 e. The number of nitrogens with zero attached hydrogens (tertiary/aromatic N) is 2. The molecule has 1 fully saturated rings. The Morgan fingerprint density at radius 3 is 2.33 bits per heavy atom. The molecule has 3 rings (SSSR count). The number of hydrogen-bond donors (Lipinski definition) is 1. The Morgan fingerprint density at radius 2 is 1.67 bits per heavy atom. The van der Waals surface area contributed by atoms with Crippen molar-refractivity contribution in [2.45, 2.75) is 18.0 Å². The average molecular weight is 390 g/mol. The molecule has 0 spiro atoms. The molecule has 0 aromatic heterocycles. The fourth-order valence-corrected chi connectivity index (χ4v) is 4.20. The Labute approximate surface area is 161 Å². The van der Waals surface area contributed by atoms with Crippen LogP contribution in [0.1, 0.15) is 11.1 Å². The molecular weight excluding hydrogens is 362 g/mol. The number of rotatable bonds is 7. The van der Waals surface area contributed by atoms with E-state index in [1.54, 1.807) is 26.2 Å². The second kappa shape index (κ2) is 8.84. The van der Waals surface area contributed by atoms with E-state index < -0.39 is 10.0 Å². The molecule has 0 amide bonds. The quantitative estimate of drug-likeness (QED) is 0.785. The predicted molar refractivity (Wildman–Crippen MR) is 107 cm³/mol. The van der Waals surface area contributed by atoms with E-state index in [9.17, 15) is 8.42 Å². The summed E-state index contributed by atoms with van der Waals surface area (Å²) < 4.78 is 31.6. The van der Waals surface area contributed by atoms with Crippen LogP contribution in [-0.2, 0) is 27.8 Å². The number of nitrogens with one attached hydrogen (secondary N) is 1. The van der Waals surface area contributed by atoms with Crippen molar-refractivity contribution in [1.82, 2.24) is 9.62 Å². The average Bonchev–Trinajstić information content (AvgIpc) is 2.69. The monoisotopic (exact) mass is 389 g/mol. The molecule has 0 aliphatic carbocycles. The minimum absolute atomic E-state index is 0.352. The maximum absolute atomic E-state index is 12.5. The van der Waals surface area contributed by atoms with Crippen LogP contribution in [-0.4, -0.2) is 53.1 Å². The van der Waals surface area contributed by atoms with Crippen molar-refractivity contribution in [2.24, 2.45) is 0 Å². The van der Waals surface area contributed by atoms with Crippen LogP contribution in [0.3, 0.4) is 0 Å². The highest BCUT2D eigenvalue weighted by atomic mass is 32.2. The molecule has 1 heterocycles. The lowest BCUT2D eigenvalue weighted by Crippen LogP contribution is -2.36. The lowest BCUT2D eigenvalue weighted by Gasteiger charge is -2.28. The van der Waals surface area contributed by atoms with Crippen LogP contribution < -0.4 is 10.2 Å². The van der Waals surface area contributed by atoms with E-state index in [0.717, 1.165) is 31.9 Å². The molecule has 1 aliphatic rings. The van der Waals surface area contributed by atoms with Crippen molar-refractivity contribution in [1.29, 1.82) is 0 Å². The molecule has 0 saturated carbocycles. The summed E-state index contributed by atoms with van der Waals surface area (Å²) in [6, 6.07) is 15.6. The Balaban J connectivity index is 1.60. The fraction of sp³-hybridized carbons (Fsp3) is 0.400. The third kappa shape index (κ3) is 4.87. The lowest BCUT2D eigenvalue weighted by atomic mass is 10.1. The Kier molecular flexibility index (Phi) is 6.49. The first kappa shape index (κ1) is 19.8. The highest BCUT2D eigenvalue weighted by Gasteiger charge is 2.20. The first-order valence-electron chi connectivity index (χ1n) is 9.11. The molecule has 0 unspecified atom stereocenters. The summed E-state index contributed by atoms with van der Waals surface area (Å²) in [5.41, 5.74) is 3.15. The van der Waals surface area contributed by atoms with Gasteiger partial charge in [0.25, 0.3) is 0 Å². The summed E-state index contributed by atoms with van der Waals surface area (Å²) in [7, 11) is -0.341. The molecule has 2 aromatic rings. The molecule has 2 aromatic carbocycles. The van der Waals surface area contributed by atoms with Gasteiger partial charge in [-0.05, 0) is 29.3 Å². The second-order valence-corrected chi connectivity index (χ2v) is 8.88. The van der Waals surface area contributed by atoms with Crippen molar-refractivity contribution < 1.29 is 13.2 Å². The van der Waals surface area contributed by atoms with Gasteiger partial charge in [-0.1, -0.05) is 30.3 Å². The highest BCUT2D eigenvalue weighted by molar-refractivity contribution is 7.89. The Bertz CT molecular complexity index is 845. The van der Waals surface area contributed by atoms with Gasteiger partial charge >= 0.3 is 0 Å². The van der Waals surface area contributed by atoms with Gasteiger partial charge in [0.15, 0.2) is 0 Å². The third-order valence-electron chi connectivity index (χ3n) is 4.69. The van der Waals surface area contributed by atoms with Crippen molar-refractivity contribution in [3.63, 3.8) is 0 Å². The van der Waals surface area contributed by atoms with E-state index in [0.29, 0.717) is 18.0 Å². The summed E-state index contributed by atoms with van der Waals surface area (Å²) >= 11 is 0. The van der Waals surface area contributed by atoms with E-state index in [-0.39, 0.29) is 0 Å². The van der Waals surface area contributed by atoms with Gasteiger partial charge in [-0.15, -0.1) is 0 Å². The fourth-order valence-electron chi connectivity index (χ4n) is 3.09. The summed E-state index contributed by atoms with van der Waals surface area (Å²) in [4.78, 5) is 2.67. The molecule has 1 saturated heterocycles.